The number of aromatic nitrogens is 4. The summed E-state index contributed by atoms with van der Waals surface area (Å²) in [4.78, 5) is 16.6. The summed E-state index contributed by atoms with van der Waals surface area (Å²) >= 11 is 1.15. The van der Waals surface area contributed by atoms with E-state index in [-0.39, 0.29) is 21.3 Å². The lowest BCUT2D eigenvalue weighted by molar-refractivity contribution is 0.480. The number of hydrogen-bond donors (Lipinski definition) is 1. The average Bonchev–Trinajstić information content (AvgIpc) is 3.59. The van der Waals surface area contributed by atoms with Gasteiger partial charge in [-0.05, 0) is 36.4 Å². The molecular formula is C23H14N6O4S2. The fourth-order valence-corrected chi connectivity index (χ4v) is 4.96. The molecule has 172 valence electrons. The van der Waals surface area contributed by atoms with Gasteiger partial charge in [-0.25, -0.2) is 28.4 Å². The first-order valence-electron chi connectivity index (χ1n) is 9.97. The van der Waals surface area contributed by atoms with Crippen LogP contribution >= 0.6 is 11.3 Å². The second-order valence-corrected chi connectivity index (χ2v) is 9.57. The van der Waals surface area contributed by atoms with E-state index in [9.17, 15) is 13.7 Å². The van der Waals surface area contributed by atoms with Crippen LogP contribution in [-0.4, -0.2) is 28.4 Å². The molecule has 4 aromatic heterocycles. The molecule has 0 saturated heterocycles. The standard InChI is InChI=1S/C23H14N6O4S2/c24-10-16-9-18(35(30,31)29-23-27-6-8-34-23)1-3-20(16)33-21-4-2-19(17-11-25-14-26-12-17)28-22(21)15-5-7-32-13-15/h1-9,11-14H,(H,27,29). The molecule has 0 aliphatic rings. The van der Waals surface area contributed by atoms with Crippen LogP contribution in [0.15, 0.2) is 88.5 Å². The van der Waals surface area contributed by atoms with Gasteiger partial charge in [-0.15, -0.1) is 11.3 Å². The number of nitriles is 1. The van der Waals surface area contributed by atoms with E-state index >= 15 is 0 Å². The minimum Gasteiger partial charge on any atom is -0.472 e. The number of anilines is 1. The van der Waals surface area contributed by atoms with E-state index < -0.39 is 10.0 Å². The van der Waals surface area contributed by atoms with E-state index in [0.29, 0.717) is 28.3 Å². The topological polar surface area (TPSA) is 144 Å². The molecule has 0 aliphatic carbocycles. The minimum absolute atomic E-state index is 0.0330. The van der Waals surface area contributed by atoms with Gasteiger partial charge in [-0.3, -0.25) is 4.72 Å². The number of benzene rings is 1. The number of sulfonamides is 1. The highest BCUT2D eigenvalue weighted by Gasteiger charge is 2.20. The molecule has 0 saturated carbocycles. The van der Waals surface area contributed by atoms with E-state index in [1.54, 1.807) is 36.0 Å². The normalized spacial score (nSPS) is 11.1. The molecule has 1 N–H and O–H groups in total. The first-order valence-corrected chi connectivity index (χ1v) is 12.3. The van der Waals surface area contributed by atoms with Gasteiger partial charge in [0.15, 0.2) is 10.9 Å². The van der Waals surface area contributed by atoms with Crippen molar-refractivity contribution in [2.24, 2.45) is 0 Å². The maximum Gasteiger partial charge on any atom is 0.263 e. The zero-order chi connectivity index (χ0) is 24.3. The van der Waals surface area contributed by atoms with E-state index in [0.717, 1.165) is 11.3 Å². The number of thiazole rings is 1. The van der Waals surface area contributed by atoms with Crippen molar-refractivity contribution in [3.05, 3.63) is 84.8 Å². The van der Waals surface area contributed by atoms with Crippen molar-refractivity contribution in [3.63, 3.8) is 0 Å². The quantitative estimate of drug-likeness (QED) is 0.334. The lowest BCUT2D eigenvalue weighted by Gasteiger charge is -2.13. The highest BCUT2D eigenvalue weighted by atomic mass is 32.2. The molecule has 0 fully saturated rings. The van der Waals surface area contributed by atoms with Crippen LogP contribution in [0.25, 0.3) is 22.5 Å². The fraction of sp³-hybridized carbons (Fsp3) is 0. The summed E-state index contributed by atoms with van der Waals surface area (Å²) < 4.78 is 39.0. The Morgan fingerprint density at radius 3 is 2.60 bits per heavy atom. The monoisotopic (exact) mass is 502 g/mol. The fourth-order valence-electron chi connectivity index (χ4n) is 3.15. The molecule has 5 rings (SSSR count). The smallest absolute Gasteiger partial charge is 0.263 e. The summed E-state index contributed by atoms with van der Waals surface area (Å²) in [7, 11) is -3.93. The molecule has 1 aromatic carbocycles. The van der Waals surface area contributed by atoms with Crippen LogP contribution in [0.3, 0.4) is 0 Å². The highest BCUT2D eigenvalue weighted by molar-refractivity contribution is 7.93. The molecule has 0 bridgehead atoms. The number of ether oxygens (including phenoxy) is 1. The third-order valence-corrected chi connectivity index (χ3v) is 6.92. The molecular weight excluding hydrogens is 488 g/mol. The molecule has 0 spiro atoms. The van der Waals surface area contributed by atoms with Gasteiger partial charge in [0.1, 0.15) is 23.8 Å². The van der Waals surface area contributed by atoms with Gasteiger partial charge in [0.25, 0.3) is 10.0 Å². The van der Waals surface area contributed by atoms with Gasteiger partial charge >= 0.3 is 0 Å². The lowest BCUT2D eigenvalue weighted by atomic mass is 10.1. The number of furan rings is 1. The molecule has 12 heteroatoms. The first kappa shape index (κ1) is 22.2. The van der Waals surface area contributed by atoms with Gasteiger partial charge < -0.3 is 9.15 Å². The zero-order valence-corrected chi connectivity index (χ0v) is 19.3. The van der Waals surface area contributed by atoms with Crippen LogP contribution < -0.4 is 9.46 Å². The third-order valence-electron chi connectivity index (χ3n) is 4.76. The minimum atomic E-state index is -3.93. The molecule has 0 radical (unpaired) electrons. The molecule has 5 aromatic rings. The Morgan fingerprint density at radius 2 is 1.89 bits per heavy atom. The van der Waals surface area contributed by atoms with Gasteiger partial charge in [-0.2, -0.15) is 5.26 Å². The maximum absolute atomic E-state index is 12.7. The average molecular weight is 503 g/mol. The van der Waals surface area contributed by atoms with Crippen molar-refractivity contribution in [3.8, 4) is 40.1 Å². The first-order chi connectivity index (χ1) is 17.0. The van der Waals surface area contributed by atoms with Crippen LogP contribution in [0.2, 0.25) is 0 Å². The lowest BCUT2D eigenvalue weighted by Crippen LogP contribution is -2.13. The predicted octanol–water partition coefficient (Wildman–Crippen LogP) is 4.72. The molecule has 35 heavy (non-hydrogen) atoms. The molecule has 0 atom stereocenters. The summed E-state index contributed by atoms with van der Waals surface area (Å²) in [6.07, 6.45) is 9.23. The number of nitrogens with one attached hydrogen (secondary N) is 1. The summed E-state index contributed by atoms with van der Waals surface area (Å²) in [5, 5.41) is 11.6. The Bertz CT molecular complexity index is 1610. The van der Waals surface area contributed by atoms with E-state index in [1.807, 2.05) is 6.07 Å². The van der Waals surface area contributed by atoms with E-state index in [1.165, 1.54) is 43.2 Å². The zero-order valence-electron chi connectivity index (χ0n) is 17.7. The maximum atomic E-state index is 12.7. The van der Waals surface area contributed by atoms with Crippen molar-refractivity contribution in [1.82, 2.24) is 19.9 Å². The van der Waals surface area contributed by atoms with Gasteiger partial charge in [0.2, 0.25) is 0 Å². The van der Waals surface area contributed by atoms with Crippen LogP contribution in [0, 0.1) is 11.3 Å². The number of pyridine rings is 1. The Kier molecular flexibility index (Phi) is 5.92. The van der Waals surface area contributed by atoms with Crippen molar-refractivity contribution < 1.29 is 17.6 Å². The molecule has 0 unspecified atom stereocenters. The Morgan fingerprint density at radius 1 is 1.06 bits per heavy atom. The van der Waals surface area contributed by atoms with Crippen molar-refractivity contribution in [2.45, 2.75) is 4.90 Å². The van der Waals surface area contributed by atoms with Crippen LogP contribution in [-0.2, 0) is 10.0 Å². The molecule has 0 aliphatic heterocycles. The molecule has 10 nitrogen and oxygen atoms in total. The van der Waals surface area contributed by atoms with Crippen LogP contribution in [0.4, 0.5) is 5.13 Å². The van der Waals surface area contributed by atoms with Crippen LogP contribution in [0.1, 0.15) is 5.56 Å². The number of rotatable bonds is 7. The SMILES string of the molecule is N#Cc1cc(S(=O)(=O)Nc2nccs2)ccc1Oc1ccc(-c2cncnc2)nc1-c1ccoc1. The summed E-state index contributed by atoms with van der Waals surface area (Å²) in [6, 6.07) is 11.2. The van der Waals surface area contributed by atoms with Crippen LogP contribution in [0.5, 0.6) is 11.5 Å². The van der Waals surface area contributed by atoms with Gasteiger partial charge in [0, 0.05) is 35.1 Å². The Hall–Kier alpha value is -4.60. The van der Waals surface area contributed by atoms with E-state index in [2.05, 4.69) is 24.7 Å². The molecule has 0 amide bonds. The van der Waals surface area contributed by atoms with Crippen molar-refractivity contribution in [2.75, 3.05) is 4.72 Å². The van der Waals surface area contributed by atoms with E-state index in [4.69, 9.17) is 9.15 Å². The van der Waals surface area contributed by atoms with Crippen molar-refractivity contribution in [1.29, 1.82) is 5.26 Å². The second-order valence-electron chi connectivity index (χ2n) is 7.00. The number of nitrogens with zero attached hydrogens (tertiary/aromatic N) is 5. The molecule has 4 heterocycles. The van der Waals surface area contributed by atoms with Crippen molar-refractivity contribution >= 4 is 26.5 Å². The Labute approximate surface area is 203 Å². The Balaban J connectivity index is 1.50. The highest BCUT2D eigenvalue weighted by Crippen LogP contribution is 2.36. The summed E-state index contributed by atoms with van der Waals surface area (Å²) in [6.45, 7) is 0. The number of hydrogen-bond acceptors (Lipinski definition) is 10. The van der Waals surface area contributed by atoms with Gasteiger partial charge in [-0.1, -0.05) is 0 Å². The largest absolute Gasteiger partial charge is 0.472 e. The second kappa shape index (κ2) is 9.34. The van der Waals surface area contributed by atoms with Gasteiger partial charge in [0.05, 0.1) is 28.7 Å². The summed E-state index contributed by atoms with van der Waals surface area (Å²) in [5.74, 6) is 0.517. The summed E-state index contributed by atoms with van der Waals surface area (Å²) in [5.41, 5.74) is 2.48. The predicted molar refractivity (Wildman–Crippen MR) is 127 cm³/mol. The third kappa shape index (κ3) is 4.72.